The summed E-state index contributed by atoms with van der Waals surface area (Å²) in [4.78, 5) is 22.3. The highest BCUT2D eigenvalue weighted by Crippen LogP contribution is 2.24. The van der Waals surface area contributed by atoms with Crippen molar-refractivity contribution in [3.8, 4) is 0 Å². The van der Waals surface area contributed by atoms with Crippen molar-refractivity contribution in [2.45, 2.75) is 11.3 Å². The lowest BCUT2D eigenvalue weighted by molar-refractivity contribution is -0.124. The van der Waals surface area contributed by atoms with Crippen molar-refractivity contribution in [2.24, 2.45) is 0 Å². The third kappa shape index (κ3) is 5.32. The van der Waals surface area contributed by atoms with Gasteiger partial charge in [0.05, 0.1) is 12.3 Å². The Labute approximate surface area is 113 Å². The fourth-order valence-corrected chi connectivity index (χ4v) is 2.59. The van der Waals surface area contributed by atoms with E-state index in [0.29, 0.717) is 0 Å². The summed E-state index contributed by atoms with van der Waals surface area (Å²) < 4.78 is 0.723. The predicted octanol–water partition coefficient (Wildman–Crippen LogP) is -0.0758. The molecule has 3 N–H and O–H groups in total. The van der Waals surface area contributed by atoms with E-state index in [1.807, 2.05) is 6.92 Å². The van der Waals surface area contributed by atoms with Gasteiger partial charge in [0.25, 0.3) is 0 Å². The zero-order chi connectivity index (χ0) is 13.4. The summed E-state index contributed by atoms with van der Waals surface area (Å²) >= 11 is 2.69. The Hall–Kier alpha value is -1.35. The molecule has 0 aliphatic rings. The molecule has 0 spiro atoms. The molecule has 1 heterocycles. The van der Waals surface area contributed by atoms with E-state index < -0.39 is 0 Å². The third-order valence-electron chi connectivity index (χ3n) is 1.79. The van der Waals surface area contributed by atoms with Crippen LogP contribution in [0.2, 0.25) is 0 Å². The second-order valence-corrected chi connectivity index (χ2v) is 5.34. The van der Waals surface area contributed by atoms with Gasteiger partial charge in [-0.25, -0.2) is 0 Å². The van der Waals surface area contributed by atoms with Gasteiger partial charge in [-0.1, -0.05) is 23.1 Å². The molecule has 0 unspecified atom stereocenters. The van der Waals surface area contributed by atoms with Gasteiger partial charge in [-0.2, -0.15) is 0 Å². The van der Waals surface area contributed by atoms with Gasteiger partial charge in [0, 0.05) is 13.6 Å². The topological polar surface area (TPSA) is 96.0 Å². The Morgan fingerprint density at radius 1 is 1.33 bits per heavy atom. The van der Waals surface area contributed by atoms with Crippen LogP contribution in [0.25, 0.3) is 0 Å². The molecule has 0 atom stereocenters. The summed E-state index contributed by atoms with van der Waals surface area (Å²) in [5.74, 6) is -0.208. The van der Waals surface area contributed by atoms with Crippen molar-refractivity contribution >= 4 is 40.0 Å². The number of nitrogens with zero attached hydrogens (tertiary/aromatic N) is 2. The zero-order valence-corrected chi connectivity index (χ0v) is 11.8. The molecule has 1 aromatic rings. The summed E-state index contributed by atoms with van der Waals surface area (Å²) in [7, 11) is 1.52. The molecular formula is C9H15N5O2S2. The lowest BCUT2D eigenvalue weighted by Gasteiger charge is -2.02. The van der Waals surface area contributed by atoms with Gasteiger partial charge in [-0.3, -0.25) is 9.59 Å². The maximum atomic E-state index is 11.4. The number of thioether (sulfide) groups is 1. The van der Waals surface area contributed by atoms with Crippen LogP contribution in [0.3, 0.4) is 0 Å². The summed E-state index contributed by atoms with van der Waals surface area (Å²) in [6, 6.07) is 0. The van der Waals surface area contributed by atoms with Gasteiger partial charge in [-0.15, -0.1) is 10.2 Å². The Morgan fingerprint density at radius 2 is 2.11 bits per heavy atom. The van der Waals surface area contributed by atoms with Crippen LogP contribution in [0.5, 0.6) is 0 Å². The minimum absolute atomic E-state index is 0.00530. The van der Waals surface area contributed by atoms with E-state index in [-0.39, 0.29) is 24.1 Å². The molecule has 1 rings (SSSR count). The zero-order valence-electron chi connectivity index (χ0n) is 10.1. The lowest BCUT2D eigenvalue weighted by Crippen LogP contribution is -2.35. The summed E-state index contributed by atoms with van der Waals surface area (Å²) in [5.41, 5.74) is 0. The number of nitrogens with one attached hydrogen (secondary N) is 3. The van der Waals surface area contributed by atoms with Gasteiger partial charge in [0.2, 0.25) is 16.9 Å². The Balaban J connectivity index is 2.26. The number of amides is 2. The maximum Gasteiger partial charge on any atom is 0.239 e. The van der Waals surface area contributed by atoms with E-state index in [1.165, 1.54) is 30.1 Å². The van der Waals surface area contributed by atoms with Crippen LogP contribution in [0.4, 0.5) is 5.13 Å². The van der Waals surface area contributed by atoms with E-state index in [1.54, 1.807) is 0 Å². The molecule has 0 saturated carbocycles. The molecule has 0 bridgehead atoms. The fourth-order valence-electron chi connectivity index (χ4n) is 0.936. The van der Waals surface area contributed by atoms with Gasteiger partial charge in [-0.05, 0) is 6.92 Å². The molecule has 1 aromatic heterocycles. The van der Waals surface area contributed by atoms with Crippen LogP contribution in [-0.2, 0) is 9.59 Å². The van der Waals surface area contributed by atoms with Gasteiger partial charge < -0.3 is 16.0 Å². The highest BCUT2D eigenvalue weighted by Gasteiger charge is 2.08. The van der Waals surface area contributed by atoms with E-state index >= 15 is 0 Å². The monoisotopic (exact) mass is 289 g/mol. The average molecular weight is 289 g/mol. The Kier molecular flexibility index (Phi) is 6.44. The Morgan fingerprint density at radius 3 is 2.78 bits per heavy atom. The number of rotatable bonds is 7. The summed E-state index contributed by atoms with van der Waals surface area (Å²) in [5, 5.41) is 16.5. The van der Waals surface area contributed by atoms with E-state index in [0.717, 1.165) is 16.0 Å². The first-order valence-electron chi connectivity index (χ1n) is 5.33. The lowest BCUT2D eigenvalue weighted by atomic mass is 10.5. The van der Waals surface area contributed by atoms with Crippen molar-refractivity contribution in [1.82, 2.24) is 20.8 Å². The second-order valence-electron chi connectivity index (χ2n) is 3.14. The van der Waals surface area contributed by atoms with Gasteiger partial charge in [0.1, 0.15) is 0 Å². The first-order chi connectivity index (χ1) is 8.65. The summed E-state index contributed by atoms with van der Waals surface area (Å²) in [6.07, 6.45) is 0. The third-order valence-corrected chi connectivity index (χ3v) is 3.80. The molecule has 0 aromatic carbocycles. The smallest absolute Gasteiger partial charge is 0.239 e. The minimum Gasteiger partial charge on any atom is -0.360 e. The molecule has 0 radical (unpaired) electrons. The molecule has 0 fully saturated rings. The second kappa shape index (κ2) is 7.88. The number of likely N-dealkylation sites (N-methyl/N-ethyl adjacent to an activating group) is 1. The maximum absolute atomic E-state index is 11.4. The highest BCUT2D eigenvalue weighted by atomic mass is 32.2. The SMILES string of the molecule is CCNc1nnc(SCC(=O)NCC(=O)NC)s1. The molecular weight excluding hydrogens is 274 g/mol. The molecule has 0 saturated heterocycles. The minimum atomic E-state index is -0.223. The highest BCUT2D eigenvalue weighted by molar-refractivity contribution is 8.01. The molecule has 0 aliphatic heterocycles. The van der Waals surface area contributed by atoms with Crippen LogP contribution in [0, 0.1) is 0 Å². The van der Waals surface area contributed by atoms with Crippen LogP contribution < -0.4 is 16.0 Å². The number of anilines is 1. The molecule has 18 heavy (non-hydrogen) atoms. The number of aromatic nitrogens is 2. The van der Waals surface area contributed by atoms with E-state index in [4.69, 9.17) is 0 Å². The normalized spacial score (nSPS) is 9.89. The van der Waals surface area contributed by atoms with Crippen molar-refractivity contribution in [1.29, 1.82) is 0 Å². The van der Waals surface area contributed by atoms with Crippen LogP contribution >= 0.6 is 23.1 Å². The predicted molar refractivity (Wildman–Crippen MR) is 71.9 cm³/mol. The van der Waals surface area contributed by atoms with Crippen molar-refractivity contribution in [3.05, 3.63) is 0 Å². The molecule has 100 valence electrons. The molecule has 7 nitrogen and oxygen atoms in total. The number of hydrogen-bond acceptors (Lipinski definition) is 7. The van der Waals surface area contributed by atoms with E-state index in [9.17, 15) is 9.59 Å². The number of hydrogen-bond donors (Lipinski definition) is 3. The van der Waals surface area contributed by atoms with Crippen molar-refractivity contribution in [3.63, 3.8) is 0 Å². The molecule has 2 amide bonds. The largest absolute Gasteiger partial charge is 0.360 e. The first-order valence-corrected chi connectivity index (χ1v) is 7.13. The number of carbonyl (C=O) groups excluding carboxylic acids is 2. The van der Waals surface area contributed by atoms with Crippen molar-refractivity contribution in [2.75, 3.05) is 31.2 Å². The Bertz CT molecular complexity index is 409. The van der Waals surface area contributed by atoms with Crippen LogP contribution in [0.15, 0.2) is 4.34 Å². The standard InChI is InChI=1S/C9H15N5O2S2/c1-3-11-8-13-14-9(18-8)17-5-7(16)12-4-6(15)10-2/h3-5H2,1-2H3,(H,10,15)(H,11,13)(H,12,16). The van der Waals surface area contributed by atoms with Gasteiger partial charge >= 0.3 is 0 Å². The van der Waals surface area contributed by atoms with Crippen LogP contribution in [0.1, 0.15) is 6.92 Å². The van der Waals surface area contributed by atoms with Crippen LogP contribution in [-0.4, -0.2) is 47.9 Å². The molecule has 0 aliphatic carbocycles. The van der Waals surface area contributed by atoms with Crippen molar-refractivity contribution < 1.29 is 9.59 Å². The van der Waals surface area contributed by atoms with Gasteiger partial charge in [0.15, 0.2) is 4.34 Å². The summed E-state index contributed by atoms with van der Waals surface area (Å²) in [6.45, 7) is 2.75. The quantitative estimate of drug-likeness (QED) is 0.608. The fraction of sp³-hybridized carbons (Fsp3) is 0.556. The molecule has 9 heteroatoms. The first kappa shape index (κ1) is 14.7. The van der Waals surface area contributed by atoms with E-state index in [2.05, 4.69) is 26.1 Å². The number of carbonyl (C=O) groups is 2. The average Bonchev–Trinajstić information content (AvgIpc) is 2.81.